The SMILES string of the molecule is C[C@H]1C[C@@H](C(=O)N(Cc2cccnc2)C2CC2)CCN1.Cl. The number of nitrogens with one attached hydrogen (secondary N) is 1. The van der Waals surface area contributed by atoms with E-state index in [1.54, 1.807) is 6.20 Å². The van der Waals surface area contributed by atoms with Crippen LogP contribution in [0.15, 0.2) is 24.5 Å². The van der Waals surface area contributed by atoms with Crippen LogP contribution in [0.5, 0.6) is 0 Å². The highest BCUT2D eigenvalue weighted by molar-refractivity contribution is 5.85. The zero-order valence-electron chi connectivity index (χ0n) is 12.5. The Morgan fingerprint density at radius 3 is 2.86 bits per heavy atom. The van der Waals surface area contributed by atoms with Crippen LogP contribution in [0, 0.1) is 5.92 Å². The van der Waals surface area contributed by atoms with Crippen molar-refractivity contribution in [2.75, 3.05) is 6.54 Å². The molecule has 1 saturated heterocycles. The van der Waals surface area contributed by atoms with Crippen molar-refractivity contribution in [2.45, 2.75) is 51.2 Å². The third-order valence-electron chi connectivity index (χ3n) is 4.32. The van der Waals surface area contributed by atoms with E-state index in [0.717, 1.165) is 44.3 Å². The predicted molar refractivity (Wildman–Crippen MR) is 85.2 cm³/mol. The third kappa shape index (κ3) is 4.17. The number of hydrogen-bond donors (Lipinski definition) is 1. The molecule has 1 N–H and O–H groups in total. The van der Waals surface area contributed by atoms with Crippen molar-refractivity contribution in [3.63, 3.8) is 0 Å². The summed E-state index contributed by atoms with van der Waals surface area (Å²) >= 11 is 0. The maximum atomic E-state index is 12.8. The van der Waals surface area contributed by atoms with Crippen molar-refractivity contribution in [3.8, 4) is 0 Å². The van der Waals surface area contributed by atoms with Gasteiger partial charge in [-0.3, -0.25) is 9.78 Å². The molecule has 1 aliphatic carbocycles. The molecule has 0 aromatic carbocycles. The molecule has 4 nitrogen and oxygen atoms in total. The van der Waals surface area contributed by atoms with E-state index in [9.17, 15) is 4.79 Å². The zero-order chi connectivity index (χ0) is 13.9. The molecule has 2 heterocycles. The Kier molecular flexibility index (Phi) is 5.59. The van der Waals surface area contributed by atoms with Crippen LogP contribution in [0.1, 0.15) is 38.2 Å². The lowest BCUT2D eigenvalue weighted by Crippen LogP contribution is -2.44. The molecule has 0 spiro atoms. The number of hydrogen-bond acceptors (Lipinski definition) is 3. The molecule has 5 heteroatoms. The van der Waals surface area contributed by atoms with Gasteiger partial charge in [-0.25, -0.2) is 0 Å². The molecule has 2 atom stereocenters. The van der Waals surface area contributed by atoms with Crippen LogP contribution in [0.3, 0.4) is 0 Å². The number of rotatable bonds is 4. The van der Waals surface area contributed by atoms with E-state index in [4.69, 9.17) is 0 Å². The first kappa shape index (κ1) is 16.2. The fraction of sp³-hybridized carbons (Fsp3) is 0.625. The summed E-state index contributed by atoms with van der Waals surface area (Å²) in [5.74, 6) is 0.549. The van der Waals surface area contributed by atoms with Crippen LogP contribution < -0.4 is 5.32 Å². The van der Waals surface area contributed by atoms with Gasteiger partial charge in [0.2, 0.25) is 5.91 Å². The average molecular weight is 310 g/mol. The number of carbonyl (C=O) groups is 1. The number of piperidine rings is 1. The summed E-state index contributed by atoms with van der Waals surface area (Å²) in [7, 11) is 0. The number of amides is 1. The first-order valence-electron chi connectivity index (χ1n) is 7.67. The topological polar surface area (TPSA) is 45.2 Å². The van der Waals surface area contributed by atoms with Gasteiger partial charge in [-0.05, 0) is 50.8 Å². The smallest absolute Gasteiger partial charge is 0.226 e. The van der Waals surface area contributed by atoms with E-state index in [1.165, 1.54) is 0 Å². The minimum atomic E-state index is 0. The maximum Gasteiger partial charge on any atom is 0.226 e. The summed E-state index contributed by atoms with van der Waals surface area (Å²) in [6.07, 6.45) is 7.91. The summed E-state index contributed by atoms with van der Waals surface area (Å²) in [5, 5.41) is 3.42. The predicted octanol–water partition coefficient (Wildman–Crippen LogP) is 2.38. The van der Waals surface area contributed by atoms with Crippen molar-refractivity contribution < 1.29 is 4.79 Å². The fourth-order valence-electron chi connectivity index (χ4n) is 3.05. The van der Waals surface area contributed by atoms with Gasteiger partial charge in [0.15, 0.2) is 0 Å². The minimum Gasteiger partial charge on any atom is -0.335 e. The minimum absolute atomic E-state index is 0. The standard InChI is InChI=1S/C16H23N3O.ClH/c1-12-9-14(6-8-18-12)16(20)19(15-4-5-15)11-13-3-2-7-17-10-13;/h2-3,7,10,12,14-15,18H,4-6,8-9,11H2,1H3;1H/t12-,14-;/m0./s1. The second kappa shape index (κ2) is 7.23. The van der Waals surface area contributed by atoms with Gasteiger partial charge in [0, 0.05) is 36.9 Å². The van der Waals surface area contributed by atoms with Gasteiger partial charge >= 0.3 is 0 Å². The molecule has 1 saturated carbocycles. The molecule has 0 unspecified atom stereocenters. The zero-order valence-corrected chi connectivity index (χ0v) is 13.3. The summed E-state index contributed by atoms with van der Waals surface area (Å²) in [4.78, 5) is 19.1. The normalized spacial score (nSPS) is 25.0. The molecule has 2 fully saturated rings. The molecule has 0 radical (unpaired) electrons. The van der Waals surface area contributed by atoms with Crippen molar-refractivity contribution in [1.29, 1.82) is 0 Å². The van der Waals surface area contributed by atoms with Gasteiger partial charge in [-0.2, -0.15) is 0 Å². The highest BCUT2D eigenvalue weighted by Crippen LogP contribution is 2.31. The quantitative estimate of drug-likeness (QED) is 0.929. The van der Waals surface area contributed by atoms with Gasteiger partial charge in [0.1, 0.15) is 0 Å². The number of halogens is 1. The van der Waals surface area contributed by atoms with Gasteiger partial charge in [0.05, 0.1) is 0 Å². The van der Waals surface area contributed by atoms with Crippen molar-refractivity contribution in [2.24, 2.45) is 5.92 Å². The number of pyridine rings is 1. The number of nitrogens with zero attached hydrogens (tertiary/aromatic N) is 2. The molecule has 1 amide bonds. The van der Waals surface area contributed by atoms with Crippen LogP contribution in [-0.4, -0.2) is 34.4 Å². The van der Waals surface area contributed by atoms with E-state index >= 15 is 0 Å². The molecule has 1 aromatic heterocycles. The van der Waals surface area contributed by atoms with Crippen LogP contribution in [0.25, 0.3) is 0 Å². The lowest BCUT2D eigenvalue weighted by molar-refractivity contribution is -0.138. The molecule has 2 aliphatic rings. The fourth-order valence-corrected chi connectivity index (χ4v) is 3.05. The van der Waals surface area contributed by atoms with Gasteiger partial charge in [0.25, 0.3) is 0 Å². The lowest BCUT2D eigenvalue weighted by Gasteiger charge is -2.32. The summed E-state index contributed by atoms with van der Waals surface area (Å²) in [5.41, 5.74) is 1.13. The van der Waals surface area contributed by atoms with Crippen LogP contribution in [0.4, 0.5) is 0 Å². The first-order chi connectivity index (χ1) is 9.74. The van der Waals surface area contributed by atoms with Crippen LogP contribution >= 0.6 is 12.4 Å². The second-order valence-electron chi connectivity index (χ2n) is 6.14. The largest absolute Gasteiger partial charge is 0.335 e. The lowest BCUT2D eigenvalue weighted by atomic mass is 9.92. The molecular formula is C16H24ClN3O. The van der Waals surface area contributed by atoms with Crippen molar-refractivity contribution in [1.82, 2.24) is 15.2 Å². The molecule has 116 valence electrons. The summed E-state index contributed by atoms with van der Waals surface area (Å²) in [6, 6.07) is 4.92. The summed E-state index contributed by atoms with van der Waals surface area (Å²) in [6.45, 7) is 3.85. The highest BCUT2D eigenvalue weighted by Gasteiger charge is 2.36. The molecule has 21 heavy (non-hydrogen) atoms. The molecule has 1 aromatic rings. The number of carbonyl (C=O) groups excluding carboxylic acids is 1. The van der Waals surface area contributed by atoms with E-state index in [2.05, 4.69) is 28.2 Å². The Balaban J connectivity index is 0.00000161. The van der Waals surface area contributed by atoms with Gasteiger partial charge in [-0.15, -0.1) is 12.4 Å². The van der Waals surface area contributed by atoms with E-state index in [0.29, 0.717) is 18.0 Å². The Morgan fingerprint density at radius 2 is 2.24 bits per heavy atom. The Bertz CT molecular complexity index is 464. The van der Waals surface area contributed by atoms with E-state index in [1.807, 2.05) is 12.3 Å². The molecule has 3 rings (SSSR count). The summed E-state index contributed by atoms with van der Waals surface area (Å²) < 4.78 is 0. The van der Waals surface area contributed by atoms with Gasteiger partial charge < -0.3 is 10.2 Å². The first-order valence-corrected chi connectivity index (χ1v) is 7.67. The van der Waals surface area contributed by atoms with Gasteiger partial charge in [-0.1, -0.05) is 6.07 Å². The number of aromatic nitrogens is 1. The maximum absolute atomic E-state index is 12.8. The Labute approximate surface area is 132 Å². The molecule has 1 aliphatic heterocycles. The molecule has 0 bridgehead atoms. The van der Waals surface area contributed by atoms with E-state index < -0.39 is 0 Å². The average Bonchev–Trinajstić information content (AvgIpc) is 3.30. The van der Waals surface area contributed by atoms with Crippen LogP contribution in [0.2, 0.25) is 0 Å². The Morgan fingerprint density at radius 1 is 1.43 bits per heavy atom. The highest BCUT2D eigenvalue weighted by atomic mass is 35.5. The van der Waals surface area contributed by atoms with Crippen LogP contribution in [-0.2, 0) is 11.3 Å². The monoisotopic (exact) mass is 309 g/mol. The van der Waals surface area contributed by atoms with Crippen molar-refractivity contribution in [3.05, 3.63) is 30.1 Å². The third-order valence-corrected chi connectivity index (χ3v) is 4.32. The second-order valence-corrected chi connectivity index (χ2v) is 6.14. The van der Waals surface area contributed by atoms with E-state index in [-0.39, 0.29) is 18.3 Å². The van der Waals surface area contributed by atoms with Crippen molar-refractivity contribution >= 4 is 18.3 Å². The Hall–Kier alpha value is -1.13. The molecular weight excluding hydrogens is 286 g/mol.